The summed E-state index contributed by atoms with van der Waals surface area (Å²) in [7, 11) is 0. The van der Waals surface area contributed by atoms with Crippen molar-refractivity contribution in [2.75, 3.05) is 4.90 Å². The number of anilines is 3. The van der Waals surface area contributed by atoms with E-state index in [1.807, 2.05) is 0 Å². The van der Waals surface area contributed by atoms with E-state index < -0.39 is 0 Å². The van der Waals surface area contributed by atoms with Crippen molar-refractivity contribution in [3.05, 3.63) is 88.4 Å². The minimum Gasteiger partial charge on any atom is -0.309 e. The molecule has 4 rings (SSSR count). The molecular formula is C20H14BrN. The number of hydrogen-bond donors (Lipinski definition) is 0. The van der Waals surface area contributed by atoms with Crippen molar-refractivity contribution >= 4 is 45.1 Å². The molecule has 106 valence electrons. The van der Waals surface area contributed by atoms with Gasteiger partial charge in [0.05, 0.1) is 11.4 Å². The molecule has 1 aliphatic rings. The van der Waals surface area contributed by atoms with E-state index in [2.05, 4.69) is 106 Å². The summed E-state index contributed by atoms with van der Waals surface area (Å²) in [5.41, 5.74) is 6.01. The minimum atomic E-state index is 1.09. The lowest BCUT2D eigenvalue weighted by Gasteiger charge is -2.27. The first-order valence-electron chi connectivity index (χ1n) is 7.25. The molecule has 0 aromatic heterocycles. The summed E-state index contributed by atoms with van der Waals surface area (Å²) in [6.45, 7) is 0. The van der Waals surface area contributed by atoms with Crippen molar-refractivity contribution in [1.82, 2.24) is 0 Å². The van der Waals surface area contributed by atoms with Gasteiger partial charge in [-0.2, -0.15) is 0 Å². The predicted octanol–water partition coefficient (Wildman–Crippen LogP) is 6.40. The molecule has 1 aliphatic heterocycles. The van der Waals surface area contributed by atoms with Gasteiger partial charge in [-0.3, -0.25) is 0 Å². The molecule has 0 spiro atoms. The fourth-order valence-corrected chi connectivity index (χ4v) is 3.11. The molecule has 22 heavy (non-hydrogen) atoms. The Kier molecular flexibility index (Phi) is 3.32. The summed E-state index contributed by atoms with van der Waals surface area (Å²) in [5, 5.41) is 0. The molecule has 3 aromatic rings. The van der Waals surface area contributed by atoms with Crippen LogP contribution < -0.4 is 4.90 Å². The van der Waals surface area contributed by atoms with Crippen LogP contribution in [0.2, 0.25) is 0 Å². The van der Waals surface area contributed by atoms with E-state index in [9.17, 15) is 0 Å². The monoisotopic (exact) mass is 347 g/mol. The highest BCUT2D eigenvalue weighted by molar-refractivity contribution is 9.10. The minimum absolute atomic E-state index is 1.09. The van der Waals surface area contributed by atoms with E-state index in [4.69, 9.17) is 0 Å². The maximum absolute atomic E-state index is 3.52. The third kappa shape index (κ3) is 2.26. The number of fused-ring (bicyclic) bond motifs is 2. The predicted molar refractivity (Wildman–Crippen MR) is 97.8 cm³/mol. The SMILES string of the molecule is Brc1ccc(N2c3ccccc3C=Cc3ccccc32)cc1. The van der Waals surface area contributed by atoms with Crippen LogP contribution in [0.1, 0.15) is 11.1 Å². The zero-order valence-corrected chi connectivity index (χ0v) is 13.5. The molecule has 0 amide bonds. The molecule has 0 N–H and O–H groups in total. The Morgan fingerprint density at radius 2 is 1.09 bits per heavy atom. The summed E-state index contributed by atoms with van der Waals surface area (Å²) < 4.78 is 1.09. The molecule has 0 aliphatic carbocycles. The van der Waals surface area contributed by atoms with Crippen LogP contribution in [0, 0.1) is 0 Å². The highest BCUT2D eigenvalue weighted by Crippen LogP contribution is 2.41. The molecule has 1 heterocycles. The first kappa shape index (κ1) is 13.4. The maximum Gasteiger partial charge on any atom is 0.0534 e. The van der Waals surface area contributed by atoms with Gasteiger partial charge < -0.3 is 4.90 Å². The van der Waals surface area contributed by atoms with Crippen molar-refractivity contribution in [3.8, 4) is 0 Å². The van der Waals surface area contributed by atoms with Crippen LogP contribution in [0.5, 0.6) is 0 Å². The lowest BCUT2D eigenvalue weighted by molar-refractivity contribution is 1.27. The number of hydrogen-bond acceptors (Lipinski definition) is 1. The second kappa shape index (κ2) is 5.47. The molecule has 3 aromatic carbocycles. The molecule has 0 unspecified atom stereocenters. The van der Waals surface area contributed by atoms with Crippen LogP contribution in [0.4, 0.5) is 17.1 Å². The fourth-order valence-electron chi connectivity index (χ4n) is 2.84. The first-order chi connectivity index (χ1) is 10.8. The largest absolute Gasteiger partial charge is 0.309 e. The average molecular weight is 348 g/mol. The summed E-state index contributed by atoms with van der Waals surface area (Å²) >= 11 is 3.52. The third-order valence-corrected chi connectivity index (χ3v) is 4.41. The number of benzene rings is 3. The summed E-state index contributed by atoms with van der Waals surface area (Å²) in [6, 6.07) is 25.4. The van der Waals surface area contributed by atoms with E-state index in [1.54, 1.807) is 0 Å². The Bertz CT molecular complexity index is 800. The van der Waals surface area contributed by atoms with E-state index in [0.29, 0.717) is 0 Å². The molecule has 0 saturated carbocycles. The van der Waals surface area contributed by atoms with Crippen LogP contribution in [-0.2, 0) is 0 Å². The molecule has 0 bridgehead atoms. The molecule has 0 fully saturated rings. The van der Waals surface area contributed by atoms with Gasteiger partial charge in [-0.05, 0) is 47.5 Å². The Labute approximate surface area is 138 Å². The van der Waals surface area contributed by atoms with Crippen LogP contribution in [0.15, 0.2) is 77.3 Å². The highest BCUT2D eigenvalue weighted by Gasteiger charge is 2.18. The molecular weight excluding hydrogens is 334 g/mol. The molecule has 1 nitrogen and oxygen atoms in total. The molecule has 0 atom stereocenters. The van der Waals surface area contributed by atoms with Gasteiger partial charge in [0.1, 0.15) is 0 Å². The molecule has 0 radical (unpaired) electrons. The average Bonchev–Trinajstić information content (AvgIpc) is 2.73. The summed E-state index contributed by atoms with van der Waals surface area (Å²) in [5.74, 6) is 0. The van der Waals surface area contributed by atoms with Crippen molar-refractivity contribution in [3.63, 3.8) is 0 Å². The lowest BCUT2D eigenvalue weighted by Crippen LogP contribution is -2.11. The zero-order valence-electron chi connectivity index (χ0n) is 11.9. The summed E-state index contributed by atoms with van der Waals surface area (Å²) in [6.07, 6.45) is 4.38. The van der Waals surface area contributed by atoms with Crippen molar-refractivity contribution in [2.45, 2.75) is 0 Å². The van der Waals surface area contributed by atoms with Crippen LogP contribution in [0.25, 0.3) is 12.2 Å². The standard InChI is InChI=1S/C20H14BrN/c21-17-11-13-18(14-12-17)22-19-7-3-1-5-15(19)9-10-16-6-2-4-8-20(16)22/h1-14H. The number of halogens is 1. The number of nitrogens with zero attached hydrogens (tertiary/aromatic N) is 1. The van der Waals surface area contributed by atoms with Crippen molar-refractivity contribution in [2.24, 2.45) is 0 Å². The molecule has 2 heteroatoms. The van der Waals surface area contributed by atoms with Gasteiger partial charge in [0, 0.05) is 10.2 Å². The van der Waals surface area contributed by atoms with Gasteiger partial charge in [-0.1, -0.05) is 64.5 Å². The van der Waals surface area contributed by atoms with Gasteiger partial charge in [-0.25, -0.2) is 0 Å². The van der Waals surface area contributed by atoms with Crippen LogP contribution >= 0.6 is 15.9 Å². The van der Waals surface area contributed by atoms with E-state index >= 15 is 0 Å². The van der Waals surface area contributed by atoms with Gasteiger partial charge in [-0.15, -0.1) is 0 Å². The Hall–Kier alpha value is -2.32. The first-order valence-corrected chi connectivity index (χ1v) is 8.04. The smallest absolute Gasteiger partial charge is 0.0534 e. The van der Waals surface area contributed by atoms with Gasteiger partial charge in [0.25, 0.3) is 0 Å². The number of rotatable bonds is 1. The summed E-state index contributed by atoms with van der Waals surface area (Å²) in [4.78, 5) is 2.32. The van der Waals surface area contributed by atoms with Crippen molar-refractivity contribution in [1.29, 1.82) is 0 Å². The zero-order chi connectivity index (χ0) is 14.9. The molecule has 0 saturated heterocycles. The lowest BCUT2D eigenvalue weighted by atomic mass is 10.1. The Balaban J connectivity index is 1.99. The van der Waals surface area contributed by atoms with Gasteiger partial charge in [0.2, 0.25) is 0 Å². The fraction of sp³-hybridized carbons (Fsp3) is 0. The normalized spacial score (nSPS) is 12.5. The maximum atomic E-state index is 3.52. The van der Waals surface area contributed by atoms with Crippen LogP contribution in [-0.4, -0.2) is 0 Å². The Morgan fingerprint density at radius 1 is 0.591 bits per heavy atom. The van der Waals surface area contributed by atoms with Crippen molar-refractivity contribution < 1.29 is 0 Å². The van der Waals surface area contributed by atoms with E-state index in [-0.39, 0.29) is 0 Å². The van der Waals surface area contributed by atoms with E-state index in [0.717, 1.165) is 10.2 Å². The third-order valence-electron chi connectivity index (χ3n) is 3.88. The quantitative estimate of drug-likeness (QED) is 0.385. The Morgan fingerprint density at radius 3 is 1.64 bits per heavy atom. The number of para-hydroxylation sites is 2. The van der Waals surface area contributed by atoms with Gasteiger partial charge in [0.15, 0.2) is 0 Å². The van der Waals surface area contributed by atoms with Gasteiger partial charge >= 0.3 is 0 Å². The second-order valence-corrected chi connectivity index (χ2v) is 6.18. The van der Waals surface area contributed by atoms with E-state index in [1.165, 1.54) is 22.5 Å². The van der Waals surface area contributed by atoms with Crippen LogP contribution in [0.3, 0.4) is 0 Å². The highest BCUT2D eigenvalue weighted by atomic mass is 79.9. The second-order valence-electron chi connectivity index (χ2n) is 5.26. The topological polar surface area (TPSA) is 3.24 Å².